The second-order valence-corrected chi connectivity index (χ2v) is 6.36. The molecule has 4 nitrogen and oxygen atoms in total. The highest BCUT2D eigenvalue weighted by Gasteiger charge is 2.30. The van der Waals surface area contributed by atoms with Crippen LogP contribution in [-0.4, -0.2) is 25.7 Å². The molecule has 0 fully saturated rings. The Hall–Kier alpha value is -0.980. The van der Waals surface area contributed by atoms with E-state index in [0.717, 1.165) is 0 Å². The number of hydrogen-bond acceptors (Lipinski definition) is 3. The molecule has 0 atom stereocenters. The molecule has 1 rings (SSSR count). The minimum atomic E-state index is -3.57. The van der Waals surface area contributed by atoms with Crippen molar-refractivity contribution in [1.29, 1.82) is 0 Å². The molecule has 0 aliphatic carbocycles. The summed E-state index contributed by atoms with van der Waals surface area (Å²) in [5.74, 6) is -0.629. The molecule has 19 heavy (non-hydrogen) atoms. The molecule has 0 saturated heterocycles. The van der Waals surface area contributed by atoms with Gasteiger partial charge >= 0.3 is 0 Å². The largest absolute Gasteiger partial charge is 0.394 e. The van der Waals surface area contributed by atoms with Gasteiger partial charge in [-0.1, -0.05) is 26.0 Å². The number of hydrogen-bond donors (Lipinski definition) is 2. The maximum atomic E-state index is 12.8. The minimum absolute atomic E-state index is 0.227. The van der Waals surface area contributed by atoms with Crippen molar-refractivity contribution in [2.75, 3.05) is 6.61 Å². The number of rotatable bonds is 7. The van der Waals surface area contributed by atoms with Gasteiger partial charge in [0, 0.05) is 0 Å². The maximum Gasteiger partial charge on any atom is 0.216 e. The fraction of sp³-hybridized carbons (Fsp3) is 0.538. The lowest BCUT2D eigenvalue weighted by Gasteiger charge is -2.30. The SMILES string of the molecule is CCC(CC)(CO)NS(=O)(=O)Cc1ccc(F)cc1. The third-order valence-corrected chi connectivity index (χ3v) is 4.76. The first-order chi connectivity index (χ1) is 8.86. The van der Waals surface area contributed by atoms with E-state index in [9.17, 15) is 17.9 Å². The summed E-state index contributed by atoms with van der Waals surface area (Å²) in [7, 11) is -3.57. The first-order valence-corrected chi connectivity index (χ1v) is 7.88. The Bertz CT molecular complexity index is 487. The summed E-state index contributed by atoms with van der Waals surface area (Å²) in [6.45, 7) is 3.39. The zero-order valence-corrected chi connectivity index (χ0v) is 12.0. The molecule has 0 saturated carbocycles. The van der Waals surface area contributed by atoms with Crippen molar-refractivity contribution in [2.45, 2.75) is 38.0 Å². The number of aliphatic hydroxyl groups excluding tert-OH is 1. The number of aliphatic hydroxyl groups is 1. The Labute approximate surface area is 113 Å². The molecule has 0 aromatic heterocycles. The van der Waals surface area contributed by atoms with Crippen molar-refractivity contribution in [2.24, 2.45) is 0 Å². The van der Waals surface area contributed by atoms with Gasteiger partial charge in [-0.15, -0.1) is 0 Å². The third-order valence-electron chi connectivity index (χ3n) is 3.30. The average Bonchev–Trinajstić information content (AvgIpc) is 2.39. The third kappa shape index (κ3) is 4.56. The van der Waals surface area contributed by atoms with Crippen LogP contribution in [0.5, 0.6) is 0 Å². The number of benzene rings is 1. The number of sulfonamides is 1. The highest BCUT2D eigenvalue weighted by Crippen LogP contribution is 2.17. The second kappa shape index (κ2) is 6.45. The van der Waals surface area contributed by atoms with Gasteiger partial charge in [0.05, 0.1) is 17.9 Å². The molecule has 2 N–H and O–H groups in total. The molecule has 108 valence electrons. The molecule has 0 aliphatic heterocycles. The standard InChI is InChI=1S/C13H20FNO3S/c1-3-13(4-2,10-16)15-19(17,18)9-11-5-7-12(14)8-6-11/h5-8,15-16H,3-4,9-10H2,1-2H3. The zero-order valence-electron chi connectivity index (χ0n) is 11.2. The second-order valence-electron chi connectivity index (χ2n) is 4.63. The van der Waals surface area contributed by atoms with E-state index in [-0.39, 0.29) is 12.4 Å². The van der Waals surface area contributed by atoms with Crippen LogP contribution in [0.15, 0.2) is 24.3 Å². The van der Waals surface area contributed by atoms with Crippen molar-refractivity contribution in [3.05, 3.63) is 35.6 Å². The predicted molar refractivity (Wildman–Crippen MR) is 72.6 cm³/mol. The van der Waals surface area contributed by atoms with Crippen molar-refractivity contribution in [1.82, 2.24) is 4.72 Å². The molecule has 0 radical (unpaired) electrons. The highest BCUT2D eigenvalue weighted by atomic mass is 32.2. The van der Waals surface area contributed by atoms with Crippen molar-refractivity contribution in [3.8, 4) is 0 Å². The fourth-order valence-electron chi connectivity index (χ4n) is 1.82. The van der Waals surface area contributed by atoms with Gasteiger partial charge < -0.3 is 5.11 Å². The van der Waals surface area contributed by atoms with E-state index in [4.69, 9.17) is 0 Å². The summed E-state index contributed by atoms with van der Waals surface area (Å²) in [5, 5.41) is 9.37. The van der Waals surface area contributed by atoms with Gasteiger partial charge in [0.15, 0.2) is 0 Å². The monoisotopic (exact) mass is 289 g/mol. The van der Waals surface area contributed by atoms with Crippen molar-refractivity contribution < 1.29 is 17.9 Å². The van der Waals surface area contributed by atoms with E-state index in [2.05, 4.69) is 4.72 Å². The molecule has 1 aromatic rings. The highest BCUT2D eigenvalue weighted by molar-refractivity contribution is 7.88. The first kappa shape index (κ1) is 16.1. The summed E-state index contributed by atoms with van der Waals surface area (Å²) in [6.07, 6.45) is 1.01. The van der Waals surface area contributed by atoms with Crippen LogP contribution in [-0.2, 0) is 15.8 Å². The lowest BCUT2D eigenvalue weighted by molar-refractivity contribution is 0.172. The molecule has 0 aliphatic rings. The smallest absolute Gasteiger partial charge is 0.216 e. The lowest BCUT2D eigenvalue weighted by Crippen LogP contribution is -2.50. The molecule has 0 amide bonds. The van der Waals surface area contributed by atoms with Gasteiger partial charge in [0.25, 0.3) is 0 Å². The van der Waals surface area contributed by atoms with Crippen molar-refractivity contribution in [3.63, 3.8) is 0 Å². The predicted octanol–water partition coefficient (Wildman–Crippen LogP) is 1.80. The van der Waals surface area contributed by atoms with Crippen LogP contribution in [0, 0.1) is 5.82 Å². The van der Waals surface area contributed by atoms with E-state index >= 15 is 0 Å². The van der Waals surface area contributed by atoms with E-state index in [1.54, 1.807) is 0 Å². The first-order valence-electron chi connectivity index (χ1n) is 6.23. The van der Waals surface area contributed by atoms with Gasteiger partial charge in [0.1, 0.15) is 5.82 Å². The Morgan fingerprint density at radius 2 is 1.74 bits per heavy atom. The van der Waals surface area contributed by atoms with Gasteiger partial charge in [-0.2, -0.15) is 0 Å². The minimum Gasteiger partial charge on any atom is -0.394 e. The molecular weight excluding hydrogens is 269 g/mol. The molecule has 0 heterocycles. The number of nitrogens with one attached hydrogen (secondary N) is 1. The van der Waals surface area contributed by atoms with Gasteiger partial charge in [-0.25, -0.2) is 17.5 Å². The Morgan fingerprint density at radius 1 is 1.21 bits per heavy atom. The summed E-state index contributed by atoms with van der Waals surface area (Å²) in [4.78, 5) is 0. The molecule has 6 heteroatoms. The number of halogens is 1. The summed E-state index contributed by atoms with van der Waals surface area (Å²) in [5.41, 5.74) is -0.313. The zero-order chi connectivity index (χ0) is 14.5. The summed E-state index contributed by atoms with van der Waals surface area (Å²) >= 11 is 0. The summed E-state index contributed by atoms with van der Waals surface area (Å²) in [6, 6.07) is 5.33. The Balaban J connectivity index is 2.84. The molecule has 0 unspecified atom stereocenters. The van der Waals surface area contributed by atoms with Gasteiger partial charge in [0.2, 0.25) is 10.0 Å². The molecule has 1 aromatic carbocycles. The van der Waals surface area contributed by atoms with Crippen LogP contribution in [0.3, 0.4) is 0 Å². The molecular formula is C13H20FNO3S. The molecule has 0 bridgehead atoms. The van der Waals surface area contributed by atoms with Crippen LogP contribution in [0.2, 0.25) is 0 Å². The van der Waals surface area contributed by atoms with Crippen LogP contribution >= 0.6 is 0 Å². The normalized spacial score (nSPS) is 12.6. The van der Waals surface area contributed by atoms with Crippen LogP contribution in [0.1, 0.15) is 32.3 Å². The van der Waals surface area contributed by atoms with E-state index in [0.29, 0.717) is 18.4 Å². The quantitative estimate of drug-likeness (QED) is 0.804. The van der Waals surface area contributed by atoms with Gasteiger partial charge in [-0.05, 0) is 30.5 Å². The molecule has 0 spiro atoms. The fourth-order valence-corrected chi connectivity index (χ4v) is 3.53. The van der Waals surface area contributed by atoms with E-state index < -0.39 is 21.4 Å². The lowest BCUT2D eigenvalue weighted by atomic mass is 9.96. The van der Waals surface area contributed by atoms with Crippen LogP contribution < -0.4 is 4.72 Å². The van der Waals surface area contributed by atoms with Crippen LogP contribution in [0.25, 0.3) is 0 Å². The topological polar surface area (TPSA) is 66.4 Å². The van der Waals surface area contributed by atoms with Crippen molar-refractivity contribution >= 4 is 10.0 Å². The van der Waals surface area contributed by atoms with E-state index in [1.807, 2.05) is 13.8 Å². The van der Waals surface area contributed by atoms with Crippen LogP contribution in [0.4, 0.5) is 4.39 Å². The average molecular weight is 289 g/mol. The maximum absolute atomic E-state index is 12.8. The summed E-state index contributed by atoms with van der Waals surface area (Å²) < 4.78 is 39.4. The Kier molecular flexibility index (Phi) is 5.46. The Morgan fingerprint density at radius 3 is 2.16 bits per heavy atom. The van der Waals surface area contributed by atoms with E-state index in [1.165, 1.54) is 24.3 Å². The van der Waals surface area contributed by atoms with Gasteiger partial charge in [-0.3, -0.25) is 0 Å².